The summed E-state index contributed by atoms with van der Waals surface area (Å²) in [6.45, 7) is 4.66. The van der Waals surface area contributed by atoms with Gasteiger partial charge in [0.25, 0.3) is 0 Å². The van der Waals surface area contributed by atoms with Gasteiger partial charge >= 0.3 is 0 Å². The van der Waals surface area contributed by atoms with Crippen molar-refractivity contribution in [2.24, 2.45) is 7.05 Å². The highest BCUT2D eigenvalue weighted by Crippen LogP contribution is 2.27. The molecule has 1 aromatic heterocycles. The first-order valence-electron chi connectivity index (χ1n) is 8.63. The van der Waals surface area contributed by atoms with Crippen molar-refractivity contribution in [2.45, 2.75) is 25.5 Å². The van der Waals surface area contributed by atoms with Gasteiger partial charge in [0.2, 0.25) is 0 Å². The Kier molecular flexibility index (Phi) is 5.76. The lowest BCUT2D eigenvalue weighted by Gasteiger charge is -2.26. The summed E-state index contributed by atoms with van der Waals surface area (Å²) in [6, 6.07) is 5.99. The summed E-state index contributed by atoms with van der Waals surface area (Å²) < 4.78 is 7.76. The molecule has 5 nitrogen and oxygen atoms in total. The number of aryl methyl sites for hydroxylation is 1. The first-order chi connectivity index (χ1) is 11.5. The molecule has 0 bridgehead atoms. The van der Waals surface area contributed by atoms with Crippen LogP contribution in [0.5, 0.6) is 0 Å². The SMILES string of the molecule is CN(C)CCN(Cc1nn(C)c2cccc(Cl)c12)CC1CCCO1. The minimum atomic E-state index is 0.345. The average Bonchev–Trinajstić information content (AvgIpc) is 3.14. The standard InChI is InChI=1S/C18H27ClN4O/c1-21(2)9-10-23(12-14-6-5-11-24-14)13-16-18-15(19)7-4-8-17(18)22(3)20-16/h4,7-8,14H,5-6,9-13H2,1-3H3. The maximum atomic E-state index is 6.45. The van der Waals surface area contributed by atoms with E-state index in [1.807, 2.05) is 23.9 Å². The first kappa shape index (κ1) is 17.7. The third-order valence-corrected chi connectivity index (χ3v) is 4.94. The Bertz CT molecular complexity index is 679. The van der Waals surface area contributed by atoms with Crippen molar-refractivity contribution in [2.75, 3.05) is 40.3 Å². The van der Waals surface area contributed by atoms with E-state index in [-0.39, 0.29) is 0 Å². The van der Waals surface area contributed by atoms with Gasteiger partial charge in [0.05, 0.1) is 22.3 Å². The highest BCUT2D eigenvalue weighted by atomic mass is 35.5. The lowest BCUT2D eigenvalue weighted by molar-refractivity contribution is 0.0679. The molecule has 1 saturated heterocycles. The highest BCUT2D eigenvalue weighted by molar-refractivity contribution is 6.35. The molecule has 0 spiro atoms. The van der Waals surface area contributed by atoms with E-state index in [0.29, 0.717) is 6.10 Å². The van der Waals surface area contributed by atoms with Crippen LogP contribution in [0.1, 0.15) is 18.5 Å². The number of halogens is 1. The van der Waals surface area contributed by atoms with Crippen LogP contribution >= 0.6 is 11.6 Å². The summed E-state index contributed by atoms with van der Waals surface area (Å²) in [7, 11) is 6.20. The fourth-order valence-corrected chi connectivity index (χ4v) is 3.61. The second kappa shape index (κ2) is 7.83. The number of hydrogen-bond acceptors (Lipinski definition) is 4. The zero-order valence-corrected chi connectivity index (χ0v) is 15.6. The number of benzene rings is 1. The van der Waals surface area contributed by atoms with Crippen LogP contribution in [0.25, 0.3) is 10.9 Å². The molecule has 3 rings (SSSR count). The number of likely N-dealkylation sites (N-methyl/N-ethyl adjacent to an activating group) is 1. The minimum absolute atomic E-state index is 0.345. The largest absolute Gasteiger partial charge is 0.377 e. The van der Waals surface area contributed by atoms with Gasteiger partial charge in [-0.3, -0.25) is 9.58 Å². The van der Waals surface area contributed by atoms with E-state index >= 15 is 0 Å². The summed E-state index contributed by atoms with van der Waals surface area (Å²) >= 11 is 6.45. The Morgan fingerprint density at radius 1 is 1.33 bits per heavy atom. The van der Waals surface area contributed by atoms with Crippen molar-refractivity contribution in [3.8, 4) is 0 Å². The van der Waals surface area contributed by atoms with Gasteiger partial charge in [-0.25, -0.2) is 0 Å². The number of fused-ring (bicyclic) bond motifs is 1. The number of ether oxygens (including phenoxy) is 1. The van der Waals surface area contributed by atoms with Crippen LogP contribution in [0.3, 0.4) is 0 Å². The van der Waals surface area contributed by atoms with Crippen LogP contribution in [-0.2, 0) is 18.3 Å². The van der Waals surface area contributed by atoms with E-state index in [9.17, 15) is 0 Å². The Morgan fingerprint density at radius 3 is 2.88 bits per heavy atom. The predicted octanol–water partition coefficient (Wildman–Crippen LogP) is 2.77. The summed E-state index contributed by atoms with van der Waals surface area (Å²) in [6.07, 6.45) is 2.67. The molecule has 1 atom stereocenters. The van der Waals surface area contributed by atoms with E-state index in [1.165, 1.54) is 6.42 Å². The van der Waals surface area contributed by atoms with E-state index in [2.05, 4.69) is 30.0 Å². The molecule has 0 N–H and O–H groups in total. The molecule has 0 amide bonds. The van der Waals surface area contributed by atoms with Gasteiger partial charge in [0.15, 0.2) is 0 Å². The topological polar surface area (TPSA) is 33.5 Å². The minimum Gasteiger partial charge on any atom is -0.377 e. The van der Waals surface area contributed by atoms with E-state index in [0.717, 1.165) is 60.8 Å². The number of aromatic nitrogens is 2. The van der Waals surface area contributed by atoms with Gasteiger partial charge in [-0.2, -0.15) is 5.10 Å². The van der Waals surface area contributed by atoms with Gasteiger partial charge in [-0.15, -0.1) is 0 Å². The zero-order chi connectivity index (χ0) is 17.1. The molecule has 2 aromatic rings. The van der Waals surface area contributed by atoms with Crippen molar-refractivity contribution < 1.29 is 4.74 Å². The zero-order valence-electron chi connectivity index (χ0n) is 14.8. The normalized spacial score (nSPS) is 18.3. The third kappa shape index (κ3) is 4.09. The molecule has 0 saturated carbocycles. The number of rotatable bonds is 7. The van der Waals surface area contributed by atoms with Crippen molar-refractivity contribution in [3.05, 3.63) is 28.9 Å². The Morgan fingerprint density at radius 2 is 2.17 bits per heavy atom. The van der Waals surface area contributed by atoms with E-state index < -0.39 is 0 Å². The molecule has 0 radical (unpaired) electrons. The van der Waals surface area contributed by atoms with Crippen molar-refractivity contribution >= 4 is 22.5 Å². The van der Waals surface area contributed by atoms with Crippen LogP contribution in [0.2, 0.25) is 5.02 Å². The molecule has 0 aliphatic carbocycles. The molecule has 1 aromatic carbocycles. The first-order valence-corrected chi connectivity index (χ1v) is 9.01. The molecule has 24 heavy (non-hydrogen) atoms. The van der Waals surface area contributed by atoms with Crippen LogP contribution in [0, 0.1) is 0 Å². The second-order valence-electron chi connectivity index (χ2n) is 6.88. The molecular formula is C18H27ClN4O. The number of hydrogen-bond donors (Lipinski definition) is 0. The monoisotopic (exact) mass is 350 g/mol. The van der Waals surface area contributed by atoms with Crippen LogP contribution in [-0.4, -0.2) is 66.0 Å². The quantitative estimate of drug-likeness (QED) is 0.769. The molecule has 1 unspecified atom stereocenters. The van der Waals surface area contributed by atoms with Crippen LogP contribution in [0.4, 0.5) is 0 Å². The van der Waals surface area contributed by atoms with Gasteiger partial charge in [-0.1, -0.05) is 17.7 Å². The van der Waals surface area contributed by atoms with E-state index in [4.69, 9.17) is 21.4 Å². The lowest BCUT2D eigenvalue weighted by atomic mass is 10.2. The summed E-state index contributed by atoms with van der Waals surface area (Å²) in [5, 5.41) is 6.58. The predicted molar refractivity (Wildman–Crippen MR) is 98.5 cm³/mol. The highest BCUT2D eigenvalue weighted by Gasteiger charge is 2.21. The maximum Gasteiger partial charge on any atom is 0.0858 e. The molecule has 132 valence electrons. The average molecular weight is 351 g/mol. The Labute approximate surface area is 149 Å². The smallest absolute Gasteiger partial charge is 0.0858 e. The molecule has 1 aliphatic heterocycles. The van der Waals surface area contributed by atoms with Gasteiger partial charge < -0.3 is 9.64 Å². The summed E-state index contributed by atoms with van der Waals surface area (Å²) in [5.74, 6) is 0. The van der Waals surface area contributed by atoms with Gasteiger partial charge in [0, 0.05) is 45.2 Å². The lowest BCUT2D eigenvalue weighted by Crippen LogP contribution is -2.36. The van der Waals surface area contributed by atoms with Crippen molar-refractivity contribution in [1.82, 2.24) is 19.6 Å². The van der Waals surface area contributed by atoms with E-state index in [1.54, 1.807) is 0 Å². The number of nitrogens with zero attached hydrogens (tertiary/aromatic N) is 4. The maximum absolute atomic E-state index is 6.45. The molecule has 2 heterocycles. The summed E-state index contributed by atoms with van der Waals surface area (Å²) in [4.78, 5) is 4.66. The van der Waals surface area contributed by atoms with Crippen LogP contribution < -0.4 is 0 Å². The fraction of sp³-hybridized carbons (Fsp3) is 0.611. The molecule has 1 fully saturated rings. The van der Waals surface area contributed by atoms with Crippen molar-refractivity contribution in [1.29, 1.82) is 0 Å². The van der Waals surface area contributed by atoms with Crippen LogP contribution in [0.15, 0.2) is 18.2 Å². The molecule has 6 heteroatoms. The van der Waals surface area contributed by atoms with Gasteiger partial charge in [0.1, 0.15) is 0 Å². The van der Waals surface area contributed by atoms with Gasteiger partial charge in [-0.05, 0) is 39.1 Å². The Balaban J connectivity index is 1.80. The molecule has 1 aliphatic rings. The fourth-order valence-electron chi connectivity index (χ4n) is 3.33. The molecular weight excluding hydrogens is 324 g/mol. The Hall–Kier alpha value is -1.14. The second-order valence-corrected chi connectivity index (χ2v) is 7.28. The third-order valence-electron chi connectivity index (χ3n) is 4.62. The van der Waals surface area contributed by atoms with Crippen molar-refractivity contribution in [3.63, 3.8) is 0 Å². The summed E-state index contributed by atoms with van der Waals surface area (Å²) in [5.41, 5.74) is 2.14.